The topological polar surface area (TPSA) is 96.7 Å². The van der Waals surface area contributed by atoms with Crippen LogP contribution < -0.4 is 15.5 Å². The quantitative estimate of drug-likeness (QED) is 0.472. The minimum Gasteiger partial charge on any atom is -0.366 e. The number of fused-ring (bicyclic) bond motifs is 1. The molecule has 0 aromatic carbocycles. The van der Waals surface area contributed by atoms with Crippen LogP contribution >= 0.6 is 0 Å². The summed E-state index contributed by atoms with van der Waals surface area (Å²) in [7, 11) is 1.92. The first kappa shape index (κ1) is 20.0. The fourth-order valence-electron chi connectivity index (χ4n) is 4.45. The lowest BCUT2D eigenvalue weighted by Crippen LogP contribution is -2.44. The summed E-state index contributed by atoms with van der Waals surface area (Å²) >= 11 is 0. The van der Waals surface area contributed by atoms with Crippen LogP contribution in [0.1, 0.15) is 29.9 Å². The molecule has 9 heteroatoms. The van der Waals surface area contributed by atoms with E-state index in [1.54, 1.807) is 10.9 Å². The molecule has 4 aromatic rings. The summed E-state index contributed by atoms with van der Waals surface area (Å²) in [4.78, 5) is 21.5. The van der Waals surface area contributed by atoms with Crippen LogP contribution in [0.15, 0.2) is 43.1 Å². The minimum atomic E-state index is 0.585. The third-order valence-electron chi connectivity index (χ3n) is 6.30. The summed E-state index contributed by atoms with van der Waals surface area (Å²) < 4.78 is 1.80. The van der Waals surface area contributed by atoms with Gasteiger partial charge in [-0.05, 0) is 36.5 Å². The van der Waals surface area contributed by atoms with Gasteiger partial charge in [-0.1, -0.05) is 0 Å². The lowest BCUT2D eigenvalue weighted by molar-refractivity contribution is 0.586. The largest absolute Gasteiger partial charge is 0.366 e. The van der Waals surface area contributed by atoms with Crippen molar-refractivity contribution >= 4 is 22.5 Å². The van der Waals surface area contributed by atoms with Crippen LogP contribution in [0.4, 0.5) is 11.6 Å². The number of aromatic nitrogens is 6. The lowest BCUT2D eigenvalue weighted by Gasteiger charge is -2.30. The van der Waals surface area contributed by atoms with Crippen molar-refractivity contribution in [3.63, 3.8) is 0 Å². The second kappa shape index (κ2) is 8.40. The number of anilines is 2. The van der Waals surface area contributed by atoms with Gasteiger partial charge < -0.3 is 15.5 Å². The molecule has 0 unspecified atom stereocenters. The summed E-state index contributed by atoms with van der Waals surface area (Å²) in [6.07, 6.45) is 12.0. The zero-order valence-electron chi connectivity index (χ0n) is 18.7. The molecule has 2 N–H and O–H groups in total. The molecule has 0 spiro atoms. The summed E-state index contributed by atoms with van der Waals surface area (Å²) in [5.41, 5.74) is 4.25. The predicted molar refractivity (Wildman–Crippen MR) is 128 cm³/mol. The Balaban J connectivity index is 1.38. The van der Waals surface area contributed by atoms with E-state index in [-0.39, 0.29) is 0 Å². The summed E-state index contributed by atoms with van der Waals surface area (Å²) in [6.45, 7) is 4.45. The van der Waals surface area contributed by atoms with Crippen LogP contribution in [0, 0.1) is 0 Å². The van der Waals surface area contributed by atoms with Crippen LogP contribution in [0.2, 0.25) is 0 Å². The lowest BCUT2D eigenvalue weighted by atomic mass is 10.1. The molecule has 33 heavy (non-hydrogen) atoms. The van der Waals surface area contributed by atoms with Gasteiger partial charge in [0.2, 0.25) is 0 Å². The summed E-state index contributed by atoms with van der Waals surface area (Å²) in [5.74, 6) is 3.11. The van der Waals surface area contributed by atoms with Gasteiger partial charge in [-0.3, -0.25) is 9.67 Å². The van der Waals surface area contributed by atoms with Crippen LogP contribution in [0.5, 0.6) is 0 Å². The Morgan fingerprint density at radius 1 is 1.12 bits per heavy atom. The molecular formula is C24H27N9. The smallest absolute Gasteiger partial charge is 0.162 e. The molecule has 2 fully saturated rings. The van der Waals surface area contributed by atoms with Crippen LogP contribution in [-0.2, 0) is 13.6 Å². The van der Waals surface area contributed by atoms with E-state index in [4.69, 9.17) is 9.97 Å². The normalized spacial score (nSPS) is 16.3. The summed E-state index contributed by atoms with van der Waals surface area (Å²) in [6, 6.07) is 3.98. The van der Waals surface area contributed by atoms with E-state index in [1.165, 1.54) is 23.8 Å². The zero-order valence-corrected chi connectivity index (χ0v) is 18.7. The third-order valence-corrected chi connectivity index (χ3v) is 6.30. The highest BCUT2D eigenvalue weighted by Gasteiger charge is 2.29. The van der Waals surface area contributed by atoms with Gasteiger partial charge in [-0.2, -0.15) is 5.10 Å². The average Bonchev–Trinajstić information content (AvgIpc) is 3.63. The average molecular weight is 442 g/mol. The first-order valence-electron chi connectivity index (χ1n) is 11.5. The maximum Gasteiger partial charge on any atom is 0.162 e. The SMILES string of the molecule is Cn1cc(CNc2cc(-c3nc(N4CCNCC4)c4c(C5CC5)cncc4n3)ccn2)cn1. The van der Waals surface area contributed by atoms with Crippen molar-refractivity contribution in [2.45, 2.75) is 25.3 Å². The molecule has 2 aliphatic rings. The van der Waals surface area contributed by atoms with Crippen LogP contribution in [0.3, 0.4) is 0 Å². The molecule has 0 amide bonds. The van der Waals surface area contributed by atoms with Gasteiger partial charge in [-0.15, -0.1) is 0 Å². The van der Waals surface area contributed by atoms with Crippen molar-refractivity contribution in [3.05, 3.63) is 54.2 Å². The first-order chi connectivity index (χ1) is 16.2. The number of hydrogen-bond acceptors (Lipinski definition) is 8. The molecule has 1 saturated carbocycles. The van der Waals surface area contributed by atoms with Crippen molar-refractivity contribution in [1.29, 1.82) is 0 Å². The molecule has 5 heterocycles. The minimum absolute atomic E-state index is 0.585. The van der Waals surface area contributed by atoms with E-state index in [0.29, 0.717) is 18.3 Å². The zero-order chi connectivity index (χ0) is 22.2. The molecule has 0 atom stereocenters. The number of nitrogens with one attached hydrogen (secondary N) is 2. The van der Waals surface area contributed by atoms with E-state index >= 15 is 0 Å². The number of rotatable bonds is 6. The van der Waals surface area contributed by atoms with Gasteiger partial charge in [-0.25, -0.2) is 15.0 Å². The number of piperazine rings is 1. The molecule has 6 rings (SSSR count). The highest BCUT2D eigenvalue weighted by Crippen LogP contribution is 2.44. The molecule has 168 valence electrons. The molecule has 0 radical (unpaired) electrons. The third kappa shape index (κ3) is 4.11. The Morgan fingerprint density at radius 3 is 2.79 bits per heavy atom. The second-order valence-corrected chi connectivity index (χ2v) is 8.81. The van der Waals surface area contributed by atoms with Crippen molar-refractivity contribution in [3.8, 4) is 11.4 Å². The van der Waals surface area contributed by atoms with Gasteiger partial charge >= 0.3 is 0 Å². The van der Waals surface area contributed by atoms with Crippen LogP contribution in [0.25, 0.3) is 22.3 Å². The maximum absolute atomic E-state index is 5.12. The maximum atomic E-state index is 5.12. The van der Waals surface area contributed by atoms with E-state index in [2.05, 4.69) is 30.6 Å². The molecule has 1 saturated heterocycles. The van der Waals surface area contributed by atoms with Gasteiger partial charge in [0, 0.05) is 74.9 Å². The van der Waals surface area contributed by atoms with Crippen LogP contribution in [-0.4, -0.2) is 55.9 Å². The van der Waals surface area contributed by atoms with E-state index in [1.807, 2.05) is 44.0 Å². The van der Waals surface area contributed by atoms with Crippen molar-refractivity contribution in [2.75, 3.05) is 36.4 Å². The molecule has 9 nitrogen and oxygen atoms in total. The van der Waals surface area contributed by atoms with E-state index in [0.717, 1.165) is 54.5 Å². The van der Waals surface area contributed by atoms with Gasteiger partial charge in [0.15, 0.2) is 5.82 Å². The standard InChI is InChI=1S/C24H27N9/c1-32-15-16(12-29-32)11-28-21-10-18(4-5-27-21)23-30-20-14-26-13-19(17-2-3-17)22(20)24(31-23)33-8-6-25-7-9-33/h4-5,10,12-15,17,25H,2-3,6-9,11H2,1H3,(H,27,28). The van der Waals surface area contributed by atoms with E-state index in [9.17, 15) is 0 Å². The molecular weight excluding hydrogens is 414 g/mol. The summed E-state index contributed by atoms with van der Waals surface area (Å²) in [5, 5.41) is 12.2. The molecule has 1 aliphatic heterocycles. The Labute approximate surface area is 192 Å². The second-order valence-electron chi connectivity index (χ2n) is 8.81. The van der Waals surface area contributed by atoms with E-state index < -0.39 is 0 Å². The Hall–Kier alpha value is -3.59. The molecule has 1 aliphatic carbocycles. The number of nitrogens with zero attached hydrogens (tertiary/aromatic N) is 7. The highest BCUT2D eigenvalue weighted by atomic mass is 15.2. The molecule has 0 bridgehead atoms. The monoisotopic (exact) mass is 441 g/mol. The Morgan fingerprint density at radius 2 is 2.00 bits per heavy atom. The fourth-order valence-corrected chi connectivity index (χ4v) is 4.45. The molecule has 4 aromatic heterocycles. The highest BCUT2D eigenvalue weighted by molar-refractivity contribution is 5.94. The number of hydrogen-bond donors (Lipinski definition) is 2. The van der Waals surface area contributed by atoms with Gasteiger partial charge in [0.1, 0.15) is 11.6 Å². The van der Waals surface area contributed by atoms with Gasteiger partial charge in [0.05, 0.1) is 17.9 Å². The van der Waals surface area contributed by atoms with Gasteiger partial charge in [0.25, 0.3) is 0 Å². The fraction of sp³-hybridized carbons (Fsp3) is 0.375. The number of pyridine rings is 2. The van der Waals surface area contributed by atoms with Crippen molar-refractivity contribution in [2.24, 2.45) is 7.05 Å². The van der Waals surface area contributed by atoms with Crippen molar-refractivity contribution < 1.29 is 0 Å². The predicted octanol–water partition coefficient (Wildman–Crippen LogP) is 2.72. The number of aryl methyl sites for hydroxylation is 1. The van der Waals surface area contributed by atoms with Crippen molar-refractivity contribution in [1.82, 2.24) is 35.0 Å². The Bertz CT molecular complexity index is 1290. The first-order valence-corrected chi connectivity index (χ1v) is 11.5. The Kier molecular flexibility index (Phi) is 5.10.